The quantitative estimate of drug-likeness (QED) is 0.164. The number of para-hydroxylation sites is 1. The number of hydrazone groups is 1. The molecule has 1 N–H and O–H groups in total. The standard InChI is InChI=1S/C37H30ClFN4O4/c1-24(44)35-41-43(30-19-15-27(38)16-20-30)37(31-12-8-14-33(46-2)34(31)47-23-26-11-6-7-13-32(26)39)42(35)29-21-17-28(18-22-29)40-36(45)25-9-4-3-5-10-25/h3-22,37H,23H2,1-2H3,(H,40,45)/t37-/m1/s1. The molecule has 0 unspecified atom stereocenters. The van der Waals surface area contributed by atoms with Crippen molar-refractivity contribution in [2.75, 3.05) is 22.3 Å². The van der Waals surface area contributed by atoms with Gasteiger partial charge in [-0.3, -0.25) is 14.5 Å². The lowest BCUT2D eigenvalue weighted by atomic mass is 10.1. The molecule has 0 aromatic heterocycles. The number of halogens is 2. The fraction of sp³-hybridized carbons (Fsp3) is 0.108. The zero-order chi connectivity index (χ0) is 32.9. The van der Waals surface area contributed by atoms with Gasteiger partial charge in [-0.25, -0.2) is 9.40 Å². The summed E-state index contributed by atoms with van der Waals surface area (Å²) in [5.74, 6) is 0.0452. The Labute approximate surface area is 276 Å². The SMILES string of the molecule is COc1cccc([C@H]2N(c3ccc(Cl)cc3)N=C(C(C)=O)N2c2ccc(NC(=O)c3ccccc3)cc2)c1OCc1ccccc1F. The second-order valence-corrected chi connectivity index (χ2v) is 11.1. The molecule has 0 spiro atoms. The van der Waals surface area contributed by atoms with E-state index in [-0.39, 0.29) is 24.1 Å². The highest BCUT2D eigenvalue weighted by molar-refractivity contribution is 6.44. The largest absolute Gasteiger partial charge is 0.493 e. The maximum atomic E-state index is 14.6. The monoisotopic (exact) mass is 648 g/mol. The number of benzene rings is 5. The van der Waals surface area contributed by atoms with Crippen molar-refractivity contribution in [1.29, 1.82) is 0 Å². The molecule has 0 saturated heterocycles. The van der Waals surface area contributed by atoms with Gasteiger partial charge in [-0.2, -0.15) is 0 Å². The first-order chi connectivity index (χ1) is 22.8. The number of ketones is 1. The van der Waals surface area contributed by atoms with E-state index in [2.05, 4.69) is 5.32 Å². The Balaban J connectivity index is 1.43. The van der Waals surface area contributed by atoms with Crippen LogP contribution in [0.1, 0.15) is 34.6 Å². The summed E-state index contributed by atoms with van der Waals surface area (Å²) in [6.07, 6.45) is -0.745. The van der Waals surface area contributed by atoms with E-state index in [1.165, 1.54) is 20.1 Å². The molecule has 1 aliphatic rings. The minimum Gasteiger partial charge on any atom is -0.493 e. The first kappa shape index (κ1) is 31.3. The van der Waals surface area contributed by atoms with Gasteiger partial charge in [-0.1, -0.05) is 60.1 Å². The summed E-state index contributed by atoms with van der Waals surface area (Å²) in [4.78, 5) is 27.8. The molecule has 0 fully saturated rings. The number of nitrogens with zero attached hydrogens (tertiary/aromatic N) is 3. The molecule has 236 valence electrons. The Hall–Kier alpha value is -5.67. The molecule has 1 amide bonds. The van der Waals surface area contributed by atoms with Crippen LogP contribution in [0, 0.1) is 5.82 Å². The molecule has 8 nitrogen and oxygen atoms in total. The van der Waals surface area contributed by atoms with Gasteiger partial charge in [-0.05, 0) is 72.8 Å². The van der Waals surface area contributed by atoms with Crippen LogP contribution in [-0.4, -0.2) is 24.6 Å². The summed E-state index contributed by atoms with van der Waals surface area (Å²) in [6.45, 7) is 1.38. The van der Waals surface area contributed by atoms with E-state index >= 15 is 0 Å². The van der Waals surface area contributed by atoms with Crippen LogP contribution in [0.4, 0.5) is 21.5 Å². The topological polar surface area (TPSA) is 83.5 Å². The Morgan fingerprint density at radius 3 is 2.21 bits per heavy atom. The molecule has 6 rings (SSSR count). The maximum Gasteiger partial charge on any atom is 0.255 e. The van der Waals surface area contributed by atoms with Gasteiger partial charge < -0.3 is 14.8 Å². The predicted octanol–water partition coefficient (Wildman–Crippen LogP) is 8.25. The Kier molecular flexibility index (Phi) is 9.17. The van der Waals surface area contributed by atoms with Crippen molar-refractivity contribution >= 4 is 46.2 Å². The van der Waals surface area contributed by atoms with Gasteiger partial charge in [-0.15, -0.1) is 5.10 Å². The van der Waals surface area contributed by atoms with E-state index in [4.69, 9.17) is 26.2 Å². The number of anilines is 3. The van der Waals surface area contributed by atoms with E-state index in [0.717, 1.165) is 0 Å². The number of hydrogen-bond donors (Lipinski definition) is 1. The molecule has 0 bridgehead atoms. The van der Waals surface area contributed by atoms with Crippen molar-refractivity contribution in [3.05, 3.63) is 149 Å². The second-order valence-electron chi connectivity index (χ2n) is 10.7. The molecule has 0 saturated carbocycles. The van der Waals surface area contributed by atoms with Crippen molar-refractivity contribution in [3.8, 4) is 11.5 Å². The van der Waals surface area contributed by atoms with E-state index in [1.807, 2.05) is 30.3 Å². The summed E-state index contributed by atoms with van der Waals surface area (Å²) >= 11 is 6.23. The van der Waals surface area contributed by atoms with Crippen LogP contribution in [0.2, 0.25) is 5.02 Å². The lowest BCUT2D eigenvalue weighted by Crippen LogP contribution is -2.38. The van der Waals surface area contributed by atoms with E-state index in [1.54, 1.807) is 94.8 Å². The molecule has 10 heteroatoms. The minimum atomic E-state index is -0.745. The number of nitrogens with one attached hydrogen (secondary N) is 1. The van der Waals surface area contributed by atoms with Crippen LogP contribution in [-0.2, 0) is 11.4 Å². The molecule has 5 aromatic rings. The average Bonchev–Trinajstić information content (AvgIpc) is 3.49. The number of carbonyl (C=O) groups is 2. The number of amides is 1. The molecular weight excluding hydrogens is 619 g/mol. The number of Topliss-reactive ketones (excluding diaryl/α,β-unsaturated/α-hetero) is 1. The van der Waals surface area contributed by atoms with Crippen LogP contribution >= 0.6 is 11.6 Å². The third-order valence-corrected chi connectivity index (χ3v) is 7.84. The van der Waals surface area contributed by atoms with Crippen molar-refractivity contribution in [2.45, 2.75) is 19.7 Å². The molecule has 5 aromatic carbocycles. The summed E-state index contributed by atoms with van der Waals surface area (Å²) in [5.41, 5.74) is 3.37. The fourth-order valence-corrected chi connectivity index (χ4v) is 5.44. The van der Waals surface area contributed by atoms with E-state index in [9.17, 15) is 14.0 Å². The van der Waals surface area contributed by atoms with Gasteiger partial charge in [0.15, 0.2) is 29.3 Å². The molecule has 0 aliphatic carbocycles. The highest BCUT2D eigenvalue weighted by Gasteiger charge is 2.41. The molecule has 0 radical (unpaired) electrons. The number of hydrogen-bond acceptors (Lipinski definition) is 7. The fourth-order valence-electron chi connectivity index (χ4n) is 5.31. The summed E-state index contributed by atoms with van der Waals surface area (Å²) in [7, 11) is 1.53. The smallest absolute Gasteiger partial charge is 0.255 e. The van der Waals surface area contributed by atoms with Gasteiger partial charge in [0.25, 0.3) is 5.91 Å². The van der Waals surface area contributed by atoms with Crippen LogP contribution in [0.25, 0.3) is 0 Å². The van der Waals surface area contributed by atoms with E-state index in [0.29, 0.717) is 50.3 Å². The van der Waals surface area contributed by atoms with Crippen LogP contribution in [0.5, 0.6) is 11.5 Å². The van der Waals surface area contributed by atoms with Gasteiger partial charge in [0, 0.05) is 40.0 Å². The van der Waals surface area contributed by atoms with Gasteiger partial charge in [0.1, 0.15) is 12.4 Å². The van der Waals surface area contributed by atoms with Gasteiger partial charge in [0.2, 0.25) is 0 Å². The normalized spacial score (nSPS) is 14.0. The Morgan fingerprint density at radius 2 is 1.53 bits per heavy atom. The maximum absolute atomic E-state index is 14.6. The summed E-state index contributed by atoms with van der Waals surface area (Å²) in [5, 5.41) is 9.96. The molecule has 1 aliphatic heterocycles. The lowest BCUT2D eigenvalue weighted by Gasteiger charge is -2.33. The number of amidine groups is 1. The first-order valence-electron chi connectivity index (χ1n) is 14.8. The highest BCUT2D eigenvalue weighted by atomic mass is 35.5. The van der Waals surface area contributed by atoms with Gasteiger partial charge >= 0.3 is 0 Å². The van der Waals surface area contributed by atoms with Crippen molar-refractivity contribution < 1.29 is 23.5 Å². The third-order valence-electron chi connectivity index (χ3n) is 7.59. The Morgan fingerprint density at radius 1 is 0.851 bits per heavy atom. The third kappa shape index (κ3) is 6.66. The second kappa shape index (κ2) is 13.8. The minimum absolute atomic E-state index is 0.0655. The van der Waals surface area contributed by atoms with Crippen LogP contribution < -0.4 is 24.7 Å². The predicted molar refractivity (Wildman–Crippen MR) is 182 cm³/mol. The van der Waals surface area contributed by atoms with Crippen molar-refractivity contribution in [3.63, 3.8) is 0 Å². The van der Waals surface area contributed by atoms with Crippen molar-refractivity contribution in [2.24, 2.45) is 5.10 Å². The van der Waals surface area contributed by atoms with Crippen LogP contribution in [0.15, 0.2) is 126 Å². The highest BCUT2D eigenvalue weighted by Crippen LogP contribution is 2.45. The van der Waals surface area contributed by atoms with Crippen molar-refractivity contribution in [1.82, 2.24) is 0 Å². The summed E-state index contributed by atoms with van der Waals surface area (Å²) < 4.78 is 26.6. The number of rotatable bonds is 10. The van der Waals surface area contributed by atoms with E-state index < -0.39 is 12.0 Å². The molecular formula is C37H30ClFN4O4. The first-order valence-corrected chi connectivity index (χ1v) is 15.1. The summed E-state index contributed by atoms with van der Waals surface area (Å²) in [6, 6.07) is 35.0. The lowest BCUT2D eigenvalue weighted by molar-refractivity contribution is -0.111. The van der Waals surface area contributed by atoms with Crippen LogP contribution in [0.3, 0.4) is 0 Å². The zero-order valence-electron chi connectivity index (χ0n) is 25.6. The number of carbonyl (C=O) groups excluding carboxylic acids is 2. The zero-order valence-corrected chi connectivity index (χ0v) is 26.3. The molecule has 1 heterocycles. The number of ether oxygens (including phenoxy) is 2. The van der Waals surface area contributed by atoms with Gasteiger partial charge in [0.05, 0.1) is 12.8 Å². The number of methoxy groups -OCH3 is 1. The molecule has 47 heavy (non-hydrogen) atoms. The molecule has 1 atom stereocenters. The average molecular weight is 649 g/mol. The Bertz CT molecular complexity index is 1940.